The van der Waals surface area contributed by atoms with E-state index in [4.69, 9.17) is 9.47 Å². The lowest BCUT2D eigenvalue weighted by molar-refractivity contribution is 0.102. The van der Waals surface area contributed by atoms with E-state index in [1.807, 2.05) is 50.2 Å². The molecule has 27 heavy (non-hydrogen) atoms. The molecule has 0 fully saturated rings. The molecule has 0 aliphatic carbocycles. The highest BCUT2D eigenvalue weighted by Gasteiger charge is 2.12. The van der Waals surface area contributed by atoms with Gasteiger partial charge in [-0.3, -0.25) is 9.78 Å². The van der Waals surface area contributed by atoms with Gasteiger partial charge in [0.1, 0.15) is 6.61 Å². The molecule has 0 unspecified atom stereocenters. The summed E-state index contributed by atoms with van der Waals surface area (Å²) in [4.78, 5) is 16.6. The Morgan fingerprint density at radius 3 is 2.67 bits per heavy atom. The summed E-state index contributed by atoms with van der Waals surface area (Å²) < 4.78 is 11.5. The summed E-state index contributed by atoms with van der Waals surface area (Å²) in [5.74, 6) is 0.937. The highest BCUT2D eigenvalue weighted by atomic mass is 16.5. The van der Waals surface area contributed by atoms with Crippen LogP contribution in [0.3, 0.4) is 0 Å². The molecule has 0 aliphatic rings. The highest BCUT2D eigenvalue weighted by Crippen LogP contribution is 2.29. The third-order valence-electron chi connectivity index (χ3n) is 3.90. The molecule has 0 saturated carbocycles. The van der Waals surface area contributed by atoms with Crippen molar-refractivity contribution in [2.45, 2.75) is 20.5 Å². The van der Waals surface area contributed by atoms with Gasteiger partial charge in [0, 0.05) is 29.2 Å². The van der Waals surface area contributed by atoms with Gasteiger partial charge in [0.05, 0.1) is 6.61 Å². The number of amides is 1. The number of nitrogens with one attached hydrogen (secondary N) is 1. The van der Waals surface area contributed by atoms with Crippen LogP contribution in [0.5, 0.6) is 11.5 Å². The fourth-order valence-corrected chi connectivity index (χ4v) is 2.61. The molecule has 0 atom stereocenters. The van der Waals surface area contributed by atoms with Crippen molar-refractivity contribution in [3.05, 3.63) is 83.7 Å². The van der Waals surface area contributed by atoms with Crippen LogP contribution in [-0.4, -0.2) is 17.5 Å². The van der Waals surface area contributed by atoms with Crippen LogP contribution in [-0.2, 0) is 6.61 Å². The molecule has 0 aliphatic heterocycles. The Hall–Kier alpha value is -3.34. The van der Waals surface area contributed by atoms with Crippen molar-refractivity contribution in [2.75, 3.05) is 11.9 Å². The Balaban J connectivity index is 1.75. The van der Waals surface area contributed by atoms with E-state index in [9.17, 15) is 4.79 Å². The van der Waals surface area contributed by atoms with E-state index < -0.39 is 0 Å². The van der Waals surface area contributed by atoms with Crippen molar-refractivity contribution in [3.63, 3.8) is 0 Å². The molecule has 2 aromatic carbocycles. The van der Waals surface area contributed by atoms with Crippen LogP contribution in [0.2, 0.25) is 0 Å². The minimum atomic E-state index is -0.194. The highest BCUT2D eigenvalue weighted by molar-refractivity contribution is 6.04. The average Bonchev–Trinajstić information content (AvgIpc) is 2.68. The third kappa shape index (κ3) is 5.07. The van der Waals surface area contributed by atoms with Gasteiger partial charge in [0.25, 0.3) is 5.91 Å². The SMILES string of the molecule is CCOc1cc(C(=O)Nc2cccc(C)c2)ccc1OCc1cccnc1. The summed E-state index contributed by atoms with van der Waals surface area (Å²) in [6, 6.07) is 16.7. The van der Waals surface area contributed by atoms with Gasteiger partial charge in [-0.05, 0) is 55.8 Å². The fourth-order valence-electron chi connectivity index (χ4n) is 2.61. The van der Waals surface area contributed by atoms with Crippen molar-refractivity contribution in [1.29, 1.82) is 0 Å². The fraction of sp³-hybridized carbons (Fsp3) is 0.182. The van der Waals surface area contributed by atoms with Crippen LogP contribution in [0.15, 0.2) is 67.0 Å². The van der Waals surface area contributed by atoms with Gasteiger partial charge < -0.3 is 14.8 Å². The molecule has 1 amide bonds. The first kappa shape index (κ1) is 18.5. The molecular weight excluding hydrogens is 340 g/mol. The number of pyridine rings is 1. The third-order valence-corrected chi connectivity index (χ3v) is 3.90. The number of benzene rings is 2. The number of carbonyl (C=O) groups is 1. The molecule has 3 aromatic rings. The van der Waals surface area contributed by atoms with Gasteiger partial charge in [0.2, 0.25) is 0 Å². The maximum atomic E-state index is 12.6. The van der Waals surface area contributed by atoms with E-state index >= 15 is 0 Å². The quantitative estimate of drug-likeness (QED) is 0.666. The molecule has 1 N–H and O–H groups in total. The van der Waals surface area contributed by atoms with Crippen molar-refractivity contribution in [1.82, 2.24) is 4.98 Å². The van der Waals surface area contributed by atoms with E-state index in [0.717, 1.165) is 16.8 Å². The van der Waals surface area contributed by atoms with Crippen LogP contribution in [0.4, 0.5) is 5.69 Å². The minimum absolute atomic E-state index is 0.194. The van der Waals surface area contributed by atoms with Crippen molar-refractivity contribution < 1.29 is 14.3 Å². The summed E-state index contributed by atoms with van der Waals surface area (Å²) in [7, 11) is 0. The average molecular weight is 362 g/mol. The normalized spacial score (nSPS) is 10.3. The smallest absolute Gasteiger partial charge is 0.255 e. The van der Waals surface area contributed by atoms with E-state index in [0.29, 0.717) is 30.3 Å². The lowest BCUT2D eigenvalue weighted by Gasteiger charge is -2.13. The van der Waals surface area contributed by atoms with Gasteiger partial charge in [-0.1, -0.05) is 18.2 Å². The van der Waals surface area contributed by atoms with Crippen molar-refractivity contribution in [2.24, 2.45) is 0 Å². The van der Waals surface area contributed by atoms with Gasteiger partial charge in [-0.15, -0.1) is 0 Å². The summed E-state index contributed by atoms with van der Waals surface area (Å²) in [6.07, 6.45) is 3.47. The first-order chi connectivity index (χ1) is 13.2. The van der Waals surface area contributed by atoms with Crippen molar-refractivity contribution in [3.8, 4) is 11.5 Å². The van der Waals surface area contributed by atoms with Gasteiger partial charge in [-0.25, -0.2) is 0 Å². The molecular formula is C22H22N2O3. The molecule has 3 rings (SSSR count). The minimum Gasteiger partial charge on any atom is -0.490 e. The van der Waals surface area contributed by atoms with Crippen LogP contribution in [0.1, 0.15) is 28.4 Å². The van der Waals surface area contributed by atoms with Crippen LogP contribution < -0.4 is 14.8 Å². The molecule has 1 aromatic heterocycles. The standard InChI is InChI=1S/C22H22N2O3/c1-3-26-21-13-18(22(25)24-19-8-4-6-16(2)12-19)9-10-20(21)27-15-17-7-5-11-23-14-17/h4-14H,3,15H2,1-2H3,(H,24,25). The van der Waals surface area contributed by atoms with Gasteiger partial charge in [0.15, 0.2) is 11.5 Å². The maximum absolute atomic E-state index is 12.6. The zero-order valence-corrected chi connectivity index (χ0v) is 15.4. The predicted octanol–water partition coefficient (Wildman–Crippen LogP) is 4.62. The largest absolute Gasteiger partial charge is 0.490 e. The Bertz CT molecular complexity index is 910. The Kier molecular flexibility index (Phi) is 6.05. The van der Waals surface area contributed by atoms with Crippen LogP contribution in [0, 0.1) is 6.92 Å². The number of hydrogen-bond donors (Lipinski definition) is 1. The Labute approximate surface area is 159 Å². The summed E-state index contributed by atoms with van der Waals surface area (Å²) in [6.45, 7) is 4.73. The summed E-state index contributed by atoms with van der Waals surface area (Å²) >= 11 is 0. The van der Waals surface area contributed by atoms with E-state index in [-0.39, 0.29) is 5.91 Å². The second-order valence-electron chi connectivity index (χ2n) is 6.07. The number of anilines is 1. The predicted molar refractivity (Wildman–Crippen MR) is 105 cm³/mol. The molecule has 1 heterocycles. The summed E-state index contributed by atoms with van der Waals surface area (Å²) in [5, 5.41) is 2.90. The van der Waals surface area contributed by atoms with E-state index in [2.05, 4.69) is 10.3 Å². The van der Waals surface area contributed by atoms with Crippen molar-refractivity contribution >= 4 is 11.6 Å². The number of aryl methyl sites for hydroxylation is 1. The number of hydrogen-bond acceptors (Lipinski definition) is 4. The molecule has 138 valence electrons. The molecule has 0 radical (unpaired) electrons. The first-order valence-corrected chi connectivity index (χ1v) is 8.82. The Morgan fingerprint density at radius 2 is 1.93 bits per heavy atom. The number of carbonyl (C=O) groups excluding carboxylic acids is 1. The first-order valence-electron chi connectivity index (χ1n) is 8.82. The Morgan fingerprint density at radius 1 is 1.04 bits per heavy atom. The monoisotopic (exact) mass is 362 g/mol. The molecule has 5 heteroatoms. The lowest BCUT2D eigenvalue weighted by Crippen LogP contribution is -2.12. The number of nitrogens with zero attached hydrogens (tertiary/aromatic N) is 1. The lowest BCUT2D eigenvalue weighted by atomic mass is 10.1. The second-order valence-corrected chi connectivity index (χ2v) is 6.07. The summed E-state index contributed by atoms with van der Waals surface area (Å²) in [5.41, 5.74) is 3.31. The molecule has 0 spiro atoms. The maximum Gasteiger partial charge on any atom is 0.255 e. The van der Waals surface area contributed by atoms with Gasteiger partial charge in [-0.2, -0.15) is 0 Å². The zero-order valence-electron chi connectivity index (χ0n) is 15.4. The number of ether oxygens (including phenoxy) is 2. The molecule has 0 bridgehead atoms. The van der Waals surface area contributed by atoms with E-state index in [1.54, 1.807) is 30.6 Å². The number of rotatable bonds is 7. The molecule has 0 saturated heterocycles. The van der Waals surface area contributed by atoms with E-state index in [1.165, 1.54) is 0 Å². The molecule has 5 nitrogen and oxygen atoms in total. The second kappa shape index (κ2) is 8.85. The van der Waals surface area contributed by atoms with Crippen LogP contribution >= 0.6 is 0 Å². The number of aromatic nitrogens is 1. The zero-order chi connectivity index (χ0) is 19.1. The topological polar surface area (TPSA) is 60.5 Å². The van der Waals surface area contributed by atoms with Crippen LogP contribution in [0.25, 0.3) is 0 Å². The van der Waals surface area contributed by atoms with Gasteiger partial charge >= 0.3 is 0 Å².